The zero-order valence-electron chi connectivity index (χ0n) is 10.9. The lowest BCUT2D eigenvalue weighted by atomic mass is 9.89. The molecule has 0 unspecified atom stereocenters. The zero-order valence-corrected chi connectivity index (χ0v) is 10.9. The third-order valence-corrected chi connectivity index (χ3v) is 3.40. The third-order valence-electron chi connectivity index (χ3n) is 3.40. The van der Waals surface area contributed by atoms with Gasteiger partial charge in [0.2, 0.25) is 0 Å². The molecule has 87 valence electrons. The van der Waals surface area contributed by atoms with Crippen LogP contribution in [0.1, 0.15) is 40.0 Å². The van der Waals surface area contributed by atoms with Crippen LogP contribution in [0.3, 0.4) is 0 Å². The van der Waals surface area contributed by atoms with Crippen LogP contribution in [0.4, 0.5) is 0 Å². The molecule has 17 heavy (non-hydrogen) atoms. The molecule has 0 amide bonds. The van der Waals surface area contributed by atoms with Crippen molar-refractivity contribution >= 4 is 0 Å². The lowest BCUT2D eigenvalue weighted by molar-refractivity contribution is 0.933. The highest BCUT2D eigenvalue weighted by molar-refractivity contribution is 5.47. The van der Waals surface area contributed by atoms with Crippen molar-refractivity contribution in [2.24, 2.45) is 0 Å². The maximum atomic E-state index is 3.31. The predicted molar refractivity (Wildman–Crippen MR) is 74.2 cm³/mol. The Balaban J connectivity index is 2.08. The van der Waals surface area contributed by atoms with Crippen LogP contribution in [0.5, 0.6) is 0 Å². The van der Waals surface area contributed by atoms with Gasteiger partial charge in [-0.05, 0) is 33.1 Å². The van der Waals surface area contributed by atoms with Crippen molar-refractivity contribution in [1.82, 2.24) is 0 Å². The molecule has 0 fully saturated rings. The minimum atomic E-state index is 1.01. The molecule has 1 radical (unpaired) electrons. The molecule has 2 rings (SSSR count). The summed E-state index contributed by atoms with van der Waals surface area (Å²) in [5.41, 5.74) is 5.34. The highest BCUT2D eigenvalue weighted by Crippen LogP contribution is 2.26. The topological polar surface area (TPSA) is 0 Å². The van der Waals surface area contributed by atoms with Crippen molar-refractivity contribution in [1.29, 1.82) is 0 Å². The van der Waals surface area contributed by atoms with Gasteiger partial charge in [0.1, 0.15) is 0 Å². The summed E-state index contributed by atoms with van der Waals surface area (Å²) in [4.78, 5) is 0. The van der Waals surface area contributed by atoms with E-state index in [9.17, 15) is 0 Å². The summed E-state index contributed by atoms with van der Waals surface area (Å²) in [5.74, 6) is 8.04. The van der Waals surface area contributed by atoms with Crippen LogP contribution in [0.25, 0.3) is 0 Å². The van der Waals surface area contributed by atoms with E-state index in [4.69, 9.17) is 0 Å². The maximum absolute atomic E-state index is 3.31. The SMILES string of the molecule is C[C]1CC(C#CC2=CC=C(C)CC2)=CC=C1C. The van der Waals surface area contributed by atoms with Gasteiger partial charge in [-0.15, -0.1) is 0 Å². The van der Waals surface area contributed by atoms with Crippen molar-refractivity contribution in [3.63, 3.8) is 0 Å². The normalized spacial score (nSPS) is 20.6. The van der Waals surface area contributed by atoms with Crippen molar-refractivity contribution in [3.05, 3.63) is 52.5 Å². The van der Waals surface area contributed by atoms with E-state index < -0.39 is 0 Å². The van der Waals surface area contributed by atoms with E-state index in [2.05, 4.69) is 56.9 Å². The summed E-state index contributed by atoms with van der Waals surface area (Å²) in [7, 11) is 0. The van der Waals surface area contributed by atoms with E-state index in [1.54, 1.807) is 0 Å². The summed E-state index contributed by atoms with van der Waals surface area (Å²) in [6.45, 7) is 6.52. The second-order valence-electron chi connectivity index (χ2n) is 4.95. The Morgan fingerprint density at radius 2 is 1.53 bits per heavy atom. The Morgan fingerprint density at radius 3 is 2.18 bits per heavy atom. The standard InChI is InChI=1S/C17H19/c1-13-4-7-16(8-5-13)10-11-17-9-6-14(2)15(3)12-17/h4,6-7,9H,5,8,12H2,1-3H3. The largest absolute Gasteiger partial charge is 0.0729 e. The Bertz CT molecular complexity index is 484. The average molecular weight is 223 g/mol. The van der Waals surface area contributed by atoms with E-state index in [0.29, 0.717) is 0 Å². The molecule has 0 nitrogen and oxygen atoms in total. The number of rotatable bonds is 0. The van der Waals surface area contributed by atoms with Crippen molar-refractivity contribution < 1.29 is 0 Å². The van der Waals surface area contributed by atoms with Crippen molar-refractivity contribution in [2.45, 2.75) is 40.0 Å². The summed E-state index contributed by atoms with van der Waals surface area (Å²) in [6, 6.07) is 0. The van der Waals surface area contributed by atoms with Gasteiger partial charge in [0.25, 0.3) is 0 Å². The van der Waals surface area contributed by atoms with Crippen LogP contribution in [0.15, 0.2) is 46.6 Å². The molecule has 0 heterocycles. The molecule has 0 spiro atoms. The first-order valence-corrected chi connectivity index (χ1v) is 6.24. The van der Waals surface area contributed by atoms with Crippen LogP contribution >= 0.6 is 0 Å². The first kappa shape index (κ1) is 12.0. The minimum absolute atomic E-state index is 1.01. The molecule has 2 aliphatic rings. The molecule has 2 aliphatic carbocycles. The third kappa shape index (κ3) is 3.24. The van der Waals surface area contributed by atoms with Crippen molar-refractivity contribution in [3.8, 4) is 11.8 Å². The second-order valence-corrected chi connectivity index (χ2v) is 4.95. The molecule has 0 atom stereocenters. The molecule has 0 bridgehead atoms. The smallest absolute Gasteiger partial charge is 0.00328 e. The zero-order chi connectivity index (χ0) is 12.3. The average Bonchev–Trinajstić information content (AvgIpc) is 2.33. The number of hydrogen-bond donors (Lipinski definition) is 0. The van der Waals surface area contributed by atoms with Crippen molar-refractivity contribution in [2.75, 3.05) is 0 Å². The van der Waals surface area contributed by atoms with Gasteiger partial charge >= 0.3 is 0 Å². The van der Waals surface area contributed by atoms with Gasteiger partial charge in [-0.1, -0.05) is 54.2 Å². The fourth-order valence-electron chi connectivity index (χ4n) is 1.94. The second kappa shape index (κ2) is 5.23. The monoisotopic (exact) mass is 223 g/mol. The summed E-state index contributed by atoms with van der Waals surface area (Å²) < 4.78 is 0. The summed E-state index contributed by atoms with van der Waals surface area (Å²) in [6.07, 6.45) is 11.9. The lowest BCUT2D eigenvalue weighted by Crippen LogP contribution is -1.99. The van der Waals surface area contributed by atoms with Gasteiger partial charge in [-0.25, -0.2) is 0 Å². The van der Waals surface area contributed by atoms with Crippen LogP contribution < -0.4 is 0 Å². The molecule has 0 saturated heterocycles. The molecule has 0 aromatic rings. The van der Waals surface area contributed by atoms with Gasteiger partial charge in [0, 0.05) is 17.1 Å². The fourth-order valence-corrected chi connectivity index (χ4v) is 1.94. The molecule has 0 aromatic heterocycles. The van der Waals surface area contributed by atoms with Gasteiger partial charge in [-0.2, -0.15) is 0 Å². The molecule has 0 heteroatoms. The van der Waals surface area contributed by atoms with E-state index in [0.717, 1.165) is 19.3 Å². The van der Waals surface area contributed by atoms with Crippen LogP contribution in [-0.2, 0) is 0 Å². The number of allylic oxidation sites excluding steroid dienone is 8. The molecular formula is C17H19. The molecule has 0 aliphatic heterocycles. The Hall–Kier alpha value is -1.48. The molecule has 0 saturated carbocycles. The van der Waals surface area contributed by atoms with Gasteiger partial charge in [0.15, 0.2) is 0 Å². The highest BCUT2D eigenvalue weighted by Gasteiger charge is 2.10. The van der Waals surface area contributed by atoms with E-state index in [1.807, 2.05) is 0 Å². The first-order chi connectivity index (χ1) is 8.15. The first-order valence-electron chi connectivity index (χ1n) is 6.24. The predicted octanol–water partition coefficient (Wildman–Crippen LogP) is 4.53. The van der Waals surface area contributed by atoms with Gasteiger partial charge < -0.3 is 0 Å². The van der Waals surface area contributed by atoms with Gasteiger partial charge in [0.05, 0.1) is 0 Å². The summed E-state index contributed by atoms with van der Waals surface area (Å²) in [5, 5.41) is 0. The Morgan fingerprint density at radius 1 is 0.824 bits per heavy atom. The van der Waals surface area contributed by atoms with Gasteiger partial charge in [-0.3, -0.25) is 0 Å². The van der Waals surface area contributed by atoms with E-state index >= 15 is 0 Å². The number of hydrogen-bond acceptors (Lipinski definition) is 0. The fraction of sp³-hybridized carbons (Fsp3) is 0.353. The van der Waals surface area contributed by atoms with Crippen LogP contribution in [-0.4, -0.2) is 0 Å². The van der Waals surface area contributed by atoms with Crippen LogP contribution in [0, 0.1) is 17.8 Å². The van der Waals surface area contributed by atoms with E-state index in [1.165, 1.54) is 28.2 Å². The Kier molecular flexibility index (Phi) is 3.69. The highest BCUT2D eigenvalue weighted by atomic mass is 14.1. The van der Waals surface area contributed by atoms with E-state index in [-0.39, 0.29) is 0 Å². The van der Waals surface area contributed by atoms with Crippen LogP contribution in [0.2, 0.25) is 0 Å². The lowest BCUT2D eigenvalue weighted by Gasteiger charge is -2.15. The molecule has 0 N–H and O–H groups in total. The summed E-state index contributed by atoms with van der Waals surface area (Å²) >= 11 is 0. The maximum Gasteiger partial charge on any atom is 0.00328 e. The minimum Gasteiger partial charge on any atom is -0.0729 e. The molecule has 0 aromatic carbocycles. The Labute approximate surface area is 105 Å². The molecular weight excluding hydrogens is 204 g/mol. The quantitative estimate of drug-likeness (QED) is 0.529.